The highest BCUT2D eigenvalue weighted by Crippen LogP contribution is 2.19. The fraction of sp³-hybridized carbons (Fsp3) is 0.500. The number of carbonyl (C=O) groups is 1. The highest BCUT2D eigenvalue weighted by atomic mass is 35.5. The Kier molecular flexibility index (Phi) is 6.84. The number of amides is 1. The van der Waals surface area contributed by atoms with Gasteiger partial charge in [-0.1, -0.05) is 30.7 Å². The van der Waals surface area contributed by atoms with Gasteiger partial charge in [0, 0.05) is 12.1 Å². The number of carbonyl (C=O) groups excluding carboxylic acids is 1. The molecule has 0 aliphatic carbocycles. The fourth-order valence-electron chi connectivity index (χ4n) is 1.73. The standard InChI is InChI=1S/C14H20ClNO3/c1-3-12(9-19-2)16-14(18)8-13(17)10-4-6-11(15)7-5-10/h4-7,12-13,17H,3,8-9H2,1-2H3,(H,16,18). The first kappa shape index (κ1) is 16.0. The Bertz CT molecular complexity index is 394. The molecule has 0 saturated carbocycles. The van der Waals surface area contributed by atoms with E-state index in [0.717, 1.165) is 6.42 Å². The third-order valence-corrected chi connectivity index (χ3v) is 3.11. The number of rotatable bonds is 7. The average molecular weight is 286 g/mol. The van der Waals surface area contributed by atoms with Gasteiger partial charge in [-0.25, -0.2) is 0 Å². The lowest BCUT2D eigenvalue weighted by atomic mass is 10.1. The number of aliphatic hydroxyl groups excluding tert-OH is 1. The summed E-state index contributed by atoms with van der Waals surface area (Å²) < 4.78 is 5.01. The zero-order chi connectivity index (χ0) is 14.3. The van der Waals surface area contributed by atoms with Crippen LogP contribution in [0.25, 0.3) is 0 Å². The second-order valence-electron chi connectivity index (χ2n) is 4.40. The van der Waals surface area contributed by atoms with Crippen molar-refractivity contribution in [2.24, 2.45) is 0 Å². The van der Waals surface area contributed by atoms with Crippen molar-refractivity contribution in [2.75, 3.05) is 13.7 Å². The zero-order valence-electron chi connectivity index (χ0n) is 11.2. The van der Waals surface area contributed by atoms with E-state index in [4.69, 9.17) is 16.3 Å². The molecular formula is C14H20ClNO3. The van der Waals surface area contributed by atoms with E-state index in [1.165, 1.54) is 0 Å². The van der Waals surface area contributed by atoms with Gasteiger partial charge in [0.25, 0.3) is 0 Å². The highest BCUT2D eigenvalue weighted by molar-refractivity contribution is 6.30. The number of aliphatic hydroxyl groups is 1. The minimum absolute atomic E-state index is 0.0186. The van der Waals surface area contributed by atoms with Crippen LogP contribution in [-0.2, 0) is 9.53 Å². The minimum Gasteiger partial charge on any atom is -0.388 e. The van der Waals surface area contributed by atoms with Crippen molar-refractivity contribution in [1.82, 2.24) is 5.32 Å². The van der Waals surface area contributed by atoms with E-state index in [0.29, 0.717) is 17.2 Å². The molecule has 0 aliphatic heterocycles. The van der Waals surface area contributed by atoms with Gasteiger partial charge in [-0.3, -0.25) is 4.79 Å². The molecule has 0 radical (unpaired) electrons. The van der Waals surface area contributed by atoms with E-state index in [1.807, 2.05) is 6.92 Å². The van der Waals surface area contributed by atoms with Crippen molar-refractivity contribution in [3.05, 3.63) is 34.9 Å². The van der Waals surface area contributed by atoms with Crippen LogP contribution in [0.2, 0.25) is 5.02 Å². The van der Waals surface area contributed by atoms with E-state index in [9.17, 15) is 9.90 Å². The van der Waals surface area contributed by atoms with Crippen LogP contribution >= 0.6 is 11.6 Å². The Hall–Kier alpha value is -1.10. The quantitative estimate of drug-likeness (QED) is 0.808. The van der Waals surface area contributed by atoms with Crippen molar-refractivity contribution < 1.29 is 14.6 Å². The van der Waals surface area contributed by atoms with Crippen molar-refractivity contribution in [2.45, 2.75) is 31.9 Å². The molecule has 2 unspecified atom stereocenters. The van der Waals surface area contributed by atoms with Gasteiger partial charge >= 0.3 is 0 Å². The maximum atomic E-state index is 11.8. The number of methoxy groups -OCH3 is 1. The first-order valence-electron chi connectivity index (χ1n) is 6.28. The molecule has 1 rings (SSSR count). The second kappa shape index (κ2) is 8.15. The first-order chi connectivity index (χ1) is 9.06. The van der Waals surface area contributed by atoms with Crippen LogP contribution in [-0.4, -0.2) is 30.8 Å². The maximum Gasteiger partial charge on any atom is 0.223 e. The number of halogens is 1. The number of hydrogen-bond donors (Lipinski definition) is 2. The Balaban J connectivity index is 2.49. The minimum atomic E-state index is -0.822. The van der Waals surface area contributed by atoms with Crippen LogP contribution in [0.15, 0.2) is 24.3 Å². The Labute approximate surface area is 118 Å². The molecular weight excluding hydrogens is 266 g/mol. The summed E-state index contributed by atoms with van der Waals surface area (Å²) in [5, 5.41) is 13.4. The number of ether oxygens (including phenoxy) is 1. The van der Waals surface area contributed by atoms with Gasteiger partial charge in [-0.05, 0) is 24.1 Å². The molecule has 19 heavy (non-hydrogen) atoms. The van der Waals surface area contributed by atoms with Crippen LogP contribution in [0.3, 0.4) is 0 Å². The molecule has 106 valence electrons. The molecule has 5 heteroatoms. The lowest BCUT2D eigenvalue weighted by Gasteiger charge is -2.17. The summed E-state index contributed by atoms with van der Waals surface area (Å²) in [6.45, 7) is 2.44. The molecule has 0 heterocycles. The summed E-state index contributed by atoms with van der Waals surface area (Å²) in [6, 6.07) is 6.80. The van der Waals surface area contributed by atoms with E-state index in [1.54, 1.807) is 31.4 Å². The van der Waals surface area contributed by atoms with Crippen LogP contribution in [0.4, 0.5) is 0 Å². The monoisotopic (exact) mass is 285 g/mol. The van der Waals surface area contributed by atoms with Crippen molar-refractivity contribution in [1.29, 1.82) is 0 Å². The van der Waals surface area contributed by atoms with Crippen LogP contribution in [0.5, 0.6) is 0 Å². The number of nitrogens with one attached hydrogen (secondary N) is 1. The molecule has 1 amide bonds. The first-order valence-corrected chi connectivity index (χ1v) is 6.66. The molecule has 0 saturated heterocycles. The van der Waals surface area contributed by atoms with Gasteiger partial charge in [0.15, 0.2) is 0 Å². The van der Waals surface area contributed by atoms with Crippen LogP contribution < -0.4 is 5.32 Å². The van der Waals surface area contributed by atoms with Gasteiger partial charge in [-0.2, -0.15) is 0 Å². The summed E-state index contributed by atoms with van der Waals surface area (Å²) in [4.78, 5) is 11.8. The Morgan fingerprint density at radius 3 is 2.58 bits per heavy atom. The highest BCUT2D eigenvalue weighted by Gasteiger charge is 2.15. The van der Waals surface area contributed by atoms with Crippen molar-refractivity contribution in [3.63, 3.8) is 0 Å². The van der Waals surface area contributed by atoms with E-state index in [2.05, 4.69) is 5.32 Å². The molecule has 2 N–H and O–H groups in total. The summed E-state index contributed by atoms with van der Waals surface area (Å²) in [5.74, 6) is -0.189. The fourth-order valence-corrected chi connectivity index (χ4v) is 1.85. The maximum absolute atomic E-state index is 11.8. The Morgan fingerprint density at radius 2 is 2.05 bits per heavy atom. The smallest absolute Gasteiger partial charge is 0.223 e. The molecule has 0 aromatic heterocycles. The van der Waals surface area contributed by atoms with Gasteiger partial charge < -0.3 is 15.2 Å². The molecule has 4 nitrogen and oxygen atoms in total. The van der Waals surface area contributed by atoms with Gasteiger partial charge in [-0.15, -0.1) is 0 Å². The largest absolute Gasteiger partial charge is 0.388 e. The van der Waals surface area contributed by atoms with Crippen LogP contribution in [0.1, 0.15) is 31.4 Å². The lowest BCUT2D eigenvalue weighted by molar-refractivity contribution is -0.124. The third-order valence-electron chi connectivity index (χ3n) is 2.86. The third kappa shape index (κ3) is 5.59. The molecule has 2 atom stereocenters. The average Bonchev–Trinajstić information content (AvgIpc) is 2.38. The van der Waals surface area contributed by atoms with E-state index >= 15 is 0 Å². The van der Waals surface area contributed by atoms with Crippen molar-refractivity contribution in [3.8, 4) is 0 Å². The zero-order valence-corrected chi connectivity index (χ0v) is 12.0. The van der Waals surface area contributed by atoms with Crippen LogP contribution in [0, 0.1) is 0 Å². The van der Waals surface area contributed by atoms with Gasteiger partial charge in [0.05, 0.1) is 25.2 Å². The molecule has 0 bridgehead atoms. The van der Waals surface area contributed by atoms with E-state index in [-0.39, 0.29) is 18.4 Å². The predicted octanol–water partition coefficient (Wildman–Crippen LogP) is 2.30. The molecule has 0 spiro atoms. The molecule has 0 aliphatic rings. The van der Waals surface area contributed by atoms with Gasteiger partial charge in [0.2, 0.25) is 5.91 Å². The normalized spacial score (nSPS) is 13.9. The SMILES string of the molecule is CCC(COC)NC(=O)CC(O)c1ccc(Cl)cc1. The lowest BCUT2D eigenvalue weighted by Crippen LogP contribution is -2.38. The topological polar surface area (TPSA) is 58.6 Å². The number of hydrogen-bond acceptors (Lipinski definition) is 3. The Morgan fingerprint density at radius 1 is 1.42 bits per heavy atom. The summed E-state index contributed by atoms with van der Waals surface area (Å²) in [6.07, 6.45) is -0.00400. The van der Waals surface area contributed by atoms with E-state index < -0.39 is 6.10 Å². The summed E-state index contributed by atoms with van der Waals surface area (Å²) >= 11 is 5.77. The second-order valence-corrected chi connectivity index (χ2v) is 4.84. The van der Waals surface area contributed by atoms with Gasteiger partial charge in [0.1, 0.15) is 0 Å². The molecule has 1 aromatic carbocycles. The summed E-state index contributed by atoms with van der Waals surface area (Å²) in [7, 11) is 1.59. The molecule has 1 aromatic rings. The number of benzene rings is 1. The predicted molar refractivity (Wildman–Crippen MR) is 75.1 cm³/mol. The molecule has 0 fully saturated rings. The summed E-state index contributed by atoms with van der Waals surface area (Å²) in [5.41, 5.74) is 0.680. The van der Waals surface area contributed by atoms with Crippen molar-refractivity contribution >= 4 is 17.5 Å².